The molecular formula is C21H24ClNO6. The minimum Gasteiger partial charge on any atom is -0.493 e. The molecule has 2 aromatic rings. The average Bonchev–Trinajstić information content (AvgIpc) is 2.73. The minimum atomic E-state index is -0.620. The van der Waals surface area contributed by atoms with Gasteiger partial charge in [-0.05, 0) is 49.4 Å². The molecule has 0 aliphatic heterocycles. The maximum absolute atomic E-state index is 12.2. The van der Waals surface area contributed by atoms with Crippen molar-refractivity contribution in [3.63, 3.8) is 0 Å². The minimum absolute atomic E-state index is 0.270. The molecule has 0 heterocycles. The molecule has 0 radical (unpaired) electrons. The van der Waals surface area contributed by atoms with E-state index in [-0.39, 0.29) is 18.1 Å². The van der Waals surface area contributed by atoms with E-state index in [0.29, 0.717) is 42.0 Å². The predicted molar refractivity (Wildman–Crippen MR) is 109 cm³/mol. The summed E-state index contributed by atoms with van der Waals surface area (Å²) >= 11 is 5.82. The predicted octanol–water partition coefficient (Wildman–Crippen LogP) is 3.44. The van der Waals surface area contributed by atoms with Gasteiger partial charge in [-0.25, -0.2) is 4.79 Å². The van der Waals surface area contributed by atoms with Gasteiger partial charge in [0.25, 0.3) is 5.91 Å². The molecule has 156 valence electrons. The first-order chi connectivity index (χ1) is 13.9. The van der Waals surface area contributed by atoms with Crippen LogP contribution in [0.4, 0.5) is 0 Å². The van der Waals surface area contributed by atoms with Crippen LogP contribution in [0.25, 0.3) is 0 Å². The molecule has 8 heteroatoms. The second-order valence-electron chi connectivity index (χ2n) is 5.99. The second kappa shape index (κ2) is 11.2. The summed E-state index contributed by atoms with van der Waals surface area (Å²) in [6.07, 6.45) is 0. The lowest BCUT2D eigenvalue weighted by atomic mass is 10.2. The number of amides is 1. The molecule has 0 spiro atoms. The highest BCUT2D eigenvalue weighted by atomic mass is 35.5. The van der Waals surface area contributed by atoms with Crippen LogP contribution in [0.1, 0.15) is 17.3 Å². The van der Waals surface area contributed by atoms with Crippen LogP contribution in [0.5, 0.6) is 17.2 Å². The molecule has 0 saturated heterocycles. The van der Waals surface area contributed by atoms with E-state index in [1.54, 1.807) is 43.4 Å². The molecule has 29 heavy (non-hydrogen) atoms. The smallest absolute Gasteiger partial charge is 0.338 e. The molecule has 0 unspecified atom stereocenters. The largest absolute Gasteiger partial charge is 0.493 e. The van der Waals surface area contributed by atoms with E-state index in [4.69, 9.17) is 30.5 Å². The summed E-state index contributed by atoms with van der Waals surface area (Å²) in [4.78, 5) is 25.8. The molecule has 1 amide bonds. The van der Waals surface area contributed by atoms with Gasteiger partial charge in [-0.15, -0.1) is 0 Å². The lowest BCUT2D eigenvalue weighted by molar-refractivity contribution is -0.133. The normalized spacial score (nSPS) is 10.2. The van der Waals surface area contributed by atoms with Gasteiger partial charge >= 0.3 is 5.97 Å². The lowest BCUT2D eigenvalue weighted by Gasteiger charge is -2.17. The van der Waals surface area contributed by atoms with Crippen molar-refractivity contribution in [1.82, 2.24) is 4.90 Å². The van der Waals surface area contributed by atoms with E-state index in [1.165, 1.54) is 18.1 Å². The Morgan fingerprint density at radius 1 is 1.03 bits per heavy atom. The molecule has 2 rings (SSSR count). The first kappa shape index (κ1) is 22.4. The van der Waals surface area contributed by atoms with Crippen LogP contribution in [0.2, 0.25) is 5.02 Å². The highest BCUT2D eigenvalue weighted by Gasteiger charge is 2.16. The number of halogens is 1. The maximum atomic E-state index is 12.2. The molecule has 0 aliphatic carbocycles. The van der Waals surface area contributed by atoms with Crippen molar-refractivity contribution in [2.45, 2.75) is 6.92 Å². The van der Waals surface area contributed by atoms with Crippen LogP contribution >= 0.6 is 11.6 Å². The Bertz CT molecular complexity index is 824. The van der Waals surface area contributed by atoms with Crippen LogP contribution in [0, 0.1) is 0 Å². The topological polar surface area (TPSA) is 74.3 Å². The van der Waals surface area contributed by atoms with Gasteiger partial charge in [0.15, 0.2) is 18.1 Å². The fourth-order valence-corrected chi connectivity index (χ4v) is 2.47. The van der Waals surface area contributed by atoms with Gasteiger partial charge in [0, 0.05) is 12.1 Å². The first-order valence-electron chi connectivity index (χ1n) is 9.05. The number of carbonyl (C=O) groups excluding carboxylic acids is 2. The van der Waals surface area contributed by atoms with Crippen molar-refractivity contribution in [2.75, 3.05) is 40.5 Å². The molecule has 0 N–H and O–H groups in total. The number of ether oxygens (including phenoxy) is 4. The van der Waals surface area contributed by atoms with E-state index < -0.39 is 5.97 Å². The Balaban J connectivity index is 1.79. The molecule has 0 saturated carbocycles. The third-order valence-electron chi connectivity index (χ3n) is 3.96. The zero-order chi connectivity index (χ0) is 21.2. The fraction of sp³-hybridized carbons (Fsp3) is 0.333. The standard InChI is InChI=1S/C21H24ClNO6/c1-4-27-18-10-5-15(13-19(18)26-3)21(25)29-14-20(24)23(2)11-12-28-17-8-6-16(22)7-9-17/h5-10,13H,4,11-12,14H2,1-3H3. The van der Waals surface area contributed by atoms with Crippen molar-refractivity contribution < 1.29 is 28.5 Å². The molecule has 0 bridgehead atoms. The van der Waals surface area contributed by atoms with E-state index >= 15 is 0 Å². The van der Waals surface area contributed by atoms with Gasteiger partial charge in [-0.1, -0.05) is 11.6 Å². The third kappa shape index (κ3) is 6.87. The number of likely N-dealkylation sites (N-methyl/N-ethyl adjacent to an activating group) is 1. The fourth-order valence-electron chi connectivity index (χ4n) is 2.35. The molecular weight excluding hydrogens is 398 g/mol. The lowest BCUT2D eigenvalue weighted by Crippen LogP contribution is -2.34. The van der Waals surface area contributed by atoms with E-state index in [2.05, 4.69) is 0 Å². The molecule has 0 aliphatic rings. The first-order valence-corrected chi connectivity index (χ1v) is 9.42. The Kier molecular flexibility index (Phi) is 8.61. The SMILES string of the molecule is CCOc1ccc(C(=O)OCC(=O)N(C)CCOc2ccc(Cl)cc2)cc1OC. The Hall–Kier alpha value is -2.93. The summed E-state index contributed by atoms with van der Waals surface area (Å²) in [7, 11) is 3.10. The van der Waals surface area contributed by atoms with E-state index in [1.807, 2.05) is 6.92 Å². The van der Waals surface area contributed by atoms with Crippen molar-refractivity contribution >= 4 is 23.5 Å². The quantitative estimate of drug-likeness (QED) is 0.547. The van der Waals surface area contributed by atoms with E-state index in [9.17, 15) is 9.59 Å². The highest BCUT2D eigenvalue weighted by molar-refractivity contribution is 6.30. The van der Waals surface area contributed by atoms with Crippen molar-refractivity contribution in [2.24, 2.45) is 0 Å². The maximum Gasteiger partial charge on any atom is 0.338 e. The molecule has 2 aromatic carbocycles. The molecule has 0 fully saturated rings. The molecule has 0 aromatic heterocycles. The number of methoxy groups -OCH3 is 1. The number of hydrogen-bond acceptors (Lipinski definition) is 6. The van der Waals surface area contributed by atoms with Gasteiger partial charge in [0.2, 0.25) is 0 Å². The average molecular weight is 422 g/mol. The number of hydrogen-bond donors (Lipinski definition) is 0. The number of nitrogens with zero attached hydrogens (tertiary/aromatic N) is 1. The van der Waals surface area contributed by atoms with Crippen LogP contribution in [-0.4, -0.2) is 57.3 Å². The van der Waals surface area contributed by atoms with Crippen molar-refractivity contribution in [1.29, 1.82) is 0 Å². The van der Waals surface area contributed by atoms with Crippen LogP contribution in [0.15, 0.2) is 42.5 Å². The van der Waals surface area contributed by atoms with Gasteiger partial charge in [-0.3, -0.25) is 4.79 Å². The van der Waals surface area contributed by atoms with Crippen molar-refractivity contribution in [3.05, 3.63) is 53.1 Å². The second-order valence-corrected chi connectivity index (χ2v) is 6.43. The monoisotopic (exact) mass is 421 g/mol. The zero-order valence-electron chi connectivity index (χ0n) is 16.6. The Morgan fingerprint density at radius 3 is 2.41 bits per heavy atom. The van der Waals surface area contributed by atoms with Gasteiger partial charge in [0.05, 0.1) is 25.8 Å². The number of benzene rings is 2. The summed E-state index contributed by atoms with van der Waals surface area (Å²) in [5.74, 6) is 0.653. The van der Waals surface area contributed by atoms with Crippen molar-refractivity contribution in [3.8, 4) is 17.2 Å². The molecule has 7 nitrogen and oxygen atoms in total. The van der Waals surface area contributed by atoms with Gasteiger partial charge in [0.1, 0.15) is 12.4 Å². The summed E-state index contributed by atoms with van der Waals surface area (Å²) < 4.78 is 21.3. The summed E-state index contributed by atoms with van der Waals surface area (Å²) in [5, 5.41) is 0.622. The third-order valence-corrected chi connectivity index (χ3v) is 4.21. The summed E-state index contributed by atoms with van der Waals surface area (Å²) in [6, 6.07) is 11.6. The number of rotatable bonds is 10. The van der Waals surface area contributed by atoms with Crippen LogP contribution in [0.3, 0.4) is 0 Å². The Labute approximate surface area is 175 Å². The van der Waals surface area contributed by atoms with Crippen LogP contribution in [-0.2, 0) is 9.53 Å². The summed E-state index contributed by atoms with van der Waals surface area (Å²) in [6.45, 7) is 2.60. The zero-order valence-corrected chi connectivity index (χ0v) is 17.4. The summed E-state index contributed by atoms with van der Waals surface area (Å²) in [5.41, 5.74) is 0.270. The number of esters is 1. The molecule has 0 atom stereocenters. The number of carbonyl (C=O) groups is 2. The van der Waals surface area contributed by atoms with Crippen LogP contribution < -0.4 is 14.2 Å². The van der Waals surface area contributed by atoms with Gasteiger partial charge in [-0.2, -0.15) is 0 Å². The highest BCUT2D eigenvalue weighted by Crippen LogP contribution is 2.28. The van der Waals surface area contributed by atoms with Gasteiger partial charge < -0.3 is 23.8 Å². The van der Waals surface area contributed by atoms with E-state index in [0.717, 1.165) is 0 Å². The Morgan fingerprint density at radius 2 is 1.76 bits per heavy atom.